The van der Waals surface area contributed by atoms with Crippen molar-refractivity contribution in [2.75, 3.05) is 6.61 Å². The van der Waals surface area contributed by atoms with Gasteiger partial charge in [-0.1, -0.05) is 12.1 Å². The van der Waals surface area contributed by atoms with E-state index in [9.17, 15) is 8.42 Å². The van der Waals surface area contributed by atoms with Gasteiger partial charge in [0.05, 0.1) is 11.5 Å². The van der Waals surface area contributed by atoms with Gasteiger partial charge in [0.15, 0.2) is 9.84 Å². The fraction of sp³-hybridized carbons (Fsp3) is 0.333. The number of aryl methyl sites for hydroxylation is 1. The molecule has 14 heavy (non-hydrogen) atoms. The maximum absolute atomic E-state index is 11.6. The number of hydrogen-bond donors (Lipinski definition) is 2. The average molecular weight is 215 g/mol. The lowest BCUT2D eigenvalue weighted by Gasteiger charge is -2.10. The Hall–Kier alpha value is -0.910. The summed E-state index contributed by atoms with van der Waals surface area (Å²) in [5.41, 5.74) is 6.14. The predicted molar refractivity (Wildman–Crippen MR) is 53.4 cm³/mol. The van der Waals surface area contributed by atoms with Crippen LogP contribution in [-0.4, -0.2) is 25.5 Å². The van der Waals surface area contributed by atoms with E-state index in [1.54, 1.807) is 19.1 Å². The first-order valence-corrected chi connectivity index (χ1v) is 5.70. The number of aliphatic hydroxyl groups is 1. The minimum atomic E-state index is -3.58. The van der Waals surface area contributed by atoms with Crippen molar-refractivity contribution in [3.8, 4) is 0 Å². The summed E-state index contributed by atoms with van der Waals surface area (Å²) in [5, 5.41) is 7.45. The van der Waals surface area contributed by atoms with Crippen LogP contribution in [0.15, 0.2) is 29.2 Å². The Morgan fingerprint density at radius 1 is 1.50 bits per heavy atom. The van der Waals surface area contributed by atoms with Gasteiger partial charge < -0.3 is 10.8 Å². The maximum Gasteiger partial charge on any atom is 0.196 e. The third kappa shape index (κ3) is 2.12. The molecule has 0 saturated heterocycles. The van der Waals surface area contributed by atoms with Gasteiger partial charge in [-0.25, -0.2) is 8.42 Å². The Labute approximate surface area is 83.3 Å². The predicted octanol–water partition coefficient (Wildman–Crippen LogP) is 0.0458. The lowest BCUT2D eigenvalue weighted by atomic mass is 10.2. The lowest BCUT2D eigenvalue weighted by molar-refractivity contribution is 0.292. The molecule has 1 unspecified atom stereocenters. The molecule has 0 aliphatic heterocycles. The first-order valence-electron chi connectivity index (χ1n) is 4.15. The van der Waals surface area contributed by atoms with Gasteiger partial charge in [0.25, 0.3) is 0 Å². The summed E-state index contributed by atoms with van der Waals surface area (Å²) in [4.78, 5) is 0.152. The molecule has 5 heteroatoms. The lowest BCUT2D eigenvalue weighted by Crippen LogP contribution is -2.34. The van der Waals surface area contributed by atoms with Crippen molar-refractivity contribution in [1.29, 1.82) is 0 Å². The van der Waals surface area contributed by atoms with Gasteiger partial charge in [-0.3, -0.25) is 0 Å². The standard InChI is InChI=1S/C9H13NO3S/c1-7-3-2-4-8(5-7)14(12,13)9(10)6-11/h2-5,9,11H,6,10H2,1H3. The molecule has 0 bridgehead atoms. The molecule has 1 rings (SSSR count). The summed E-state index contributed by atoms with van der Waals surface area (Å²) in [7, 11) is -3.58. The van der Waals surface area contributed by atoms with Crippen molar-refractivity contribution >= 4 is 9.84 Å². The average Bonchev–Trinajstić information content (AvgIpc) is 2.16. The van der Waals surface area contributed by atoms with Crippen LogP contribution in [0.5, 0.6) is 0 Å². The van der Waals surface area contributed by atoms with E-state index in [-0.39, 0.29) is 4.90 Å². The van der Waals surface area contributed by atoms with Gasteiger partial charge in [0, 0.05) is 0 Å². The Balaban J connectivity index is 3.17. The van der Waals surface area contributed by atoms with E-state index >= 15 is 0 Å². The molecule has 0 aliphatic carbocycles. The second-order valence-corrected chi connectivity index (χ2v) is 5.25. The van der Waals surface area contributed by atoms with Gasteiger partial charge >= 0.3 is 0 Å². The molecule has 0 amide bonds. The minimum absolute atomic E-state index is 0.152. The zero-order chi connectivity index (χ0) is 10.8. The highest BCUT2D eigenvalue weighted by molar-refractivity contribution is 7.92. The molecular formula is C9H13NO3S. The molecule has 1 aromatic carbocycles. The van der Waals surface area contributed by atoms with E-state index in [0.717, 1.165) is 5.56 Å². The smallest absolute Gasteiger partial charge is 0.196 e. The summed E-state index contributed by atoms with van der Waals surface area (Å²) < 4.78 is 23.3. The van der Waals surface area contributed by atoms with E-state index < -0.39 is 21.8 Å². The van der Waals surface area contributed by atoms with Gasteiger partial charge in [0.2, 0.25) is 0 Å². The summed E-state index contributed by atoms with van der Waals surface area (Å²) in [6.45, 7) is 1.22. The second-order valence-electron chi connectivity index (χ2n) is 3.08. The van der Waals surface area contributed by atoms with E-state index in [1.165, 1.54) is 12.1 Å². The normalized spacial score (nSPS) is 13.9. The van der Waals surface area contributed by atoms with E-state index in [0.29, 0.717) is 0 Å². The second kappa shape index (κ2) is 4.08. The fourth-order valence-corrected chi connectivity index (χ4v) is 2.23. The quantitative estimate of drug-likeness (QED) is 0.746. The van der Waals surface area contributed by atoms with Crippen LogP contribution in [0.25, 0.3) is 0 Å². The molecule has 1 atom stereocenters. The molecule has 3 N–H and O–H groups in total. The van der Waals surface area contributed by atoms with Crippen LogP contribution in [0.1, 0.15) is 5.56 Å². The van der Waals surface area contributed by atoms with Crippen LogP contribution in [0.4, 0.5) is 0 Å². The third-order valence-corrected chi connectivity index (χ3v) is 3.75. The molecule has 0 aliphatic rings. The molecule has 0 heterocycles. The molecule has 0 saturated carbocycles. The first kappa shape index (κ1) is 11.2. The summed E-state index contributed by atoms with van der Waals surface area (Å²) >= 11 is 0. The highest BCUT2D eigenvalue weighted by atomic mass is 32.2. The van der Waals surface area contributed by atoms with E-state index in [1.807, 2.05) is 0 Å². The molecule has 0 spiro atoms. The molecule has 78 valence electrons. The zero-order valence-corrected chi connectivity index (χ0v) is 8.66. The Kier molecular flexibility index (Phi) is 3.25. The van der Waals surface area contributed by atoms with Crippen molar-refractivity contribution in [3.63, 3.8) is 0 Å². The van der Waals surface area contributed by atoms with Gasteiger partial charge in [-0.05, 0) is 24.6 Å². The Morgan fingerprint density at radius 2 is 2.14 bits per heavy atom. The van der Waals surface area contributed by atoms with E-state index in [4.69, 9.17) is 10.8 Å². The van der Waals surface area contributed by atoms with Crippen molar-refractivity contribution in [1.82, 2.24) is 0 Å². The van der Waals surface area contributed by atoms with Gasteiger partial charge in [-0.15, -0.1) is 0 Å². The highest BCUT2D eigenvalue weighted by Crippen LogP contribution is 2.14. The van der Waals surface area contributed by atoms with Crippen LogP contribution < -0.4 is 5.73 Å². The van der Waals surface area contributed by atoms with Crippen LogP contribution in [-0.2, 0) is 9.84 Å². The van der Waals surface area contributed by atoms with Crippen LogP contribution >= 0.6 is 0 Å². The van der Waals surface area contributed by atoms with Crippen molar-refractivity contribution < 1.29 is 13.5 Å². The van der Waals surface area contributed by atoms with Crippen LogP contribution in [0.3, 0.4) is 0 Å². The SMILES string of the molecule is Cc1cccc(S(=O)(=O)C(N)CO)c1. The topological polar surface area (TPSA) is 80.4 Å². The molecule has 0 aromatic heterocycles. The first-order chi connectivity index (χ1) is 6.48. The molecule has 0 radical (unpaired) electrons. The van der Waals surface area contributed by atoms with Crippen molar-refractivity contribution in [3.05, 3.63) is 29.8 Å². The van der Waals surface area contributed by atoms with Gasteiger partial charge in [0.1, 0.15) is 5.37 Å². The van der Waals surface area contributed by atoms with E-state index in [2.05, 4.69) is 0 Å². The number of sulfone groups is 1. The fourth-order valence-electron chi connectivity index (χ4n) is 1.07. The number of nitrogens with two attached hydrogens (primary N) is 1. The molecule has 4 nitrogen and oxygen atoms in total. The zero-order valence-electron chi connectivity index (χ0n) is 7.84. The monoisotopic (exact) mass is 215 g/mol. The molecule has 0 fully saturated rings. The minimum Gasteiger partial charge on any atom is -0.394 e. The summed E-state index contributed by atoms with van der Waals surface area (Å²) in [5.74, 6) is 0. The molecular weight excluding hydrogens is 202 g/mol. The van der Waals surface area contributed by atoms with Crippen LogP contribution in [0, 0.1) is 6.92 Å². The summed E-state index contributed by atoms with van der Waals surface area (Å²) in [6, 6.07) is 6.44. The number of benzene rings is 1. The third-order valence-electron chi connectivity index (χ3n) is 1.90. The van der Waals surface area contributed by atoms with Crippen molar-refractivity contribution in [2.45, 2.75) is 17.2 Å². The molecule has 1 aromatic rings. The number of rotatable bonds is 3. The summed E-state index contributed by atoms with van der Waals surface area (Å²) in [6.07, 6.45) is 0. The van der Waals surface area contributed by atoms with Crippen molar-refractivity contribution in [2.24, 2.45) is 5.73 Å². The maximum atomic E-state index is 11.6. The largest absolute Gasteiger partial charge is 0.394 e. The van der Waals surface area contributed by atoms with Gasteiger partial charge in [-0.2, -0.15) is 0 Å². The highest BCUT2D eigenvalue weighted by Gasteiger charge is 2.22. The number of hydrogen-bond acceptors (Lipinski definition) is 4. The van der Waals surface area contributed by atoms with Crippen LogP contribution in [0.2, 0.25) is 0 Å². The Morgan fingerprint density at radius 3 is 2.64 bits per heavy atom. The Bertz CT molecular complexity index is 414. The number of aliphatic hydroxyl groups excluding tert-OH is 1.